The number of fused-ring (bicyclic) bond motifs is 1. The van der Waals surface area contributed by atoms with Gasteiger partial charge in [-0.1, -0.05) is 12.1 Å². The van der Waals surface area contributed by atoms with Crippen molar-refractivity contribution in [3.8, 4) is 11.3 Å². The molecule has 1 aliphatic rings. The van der Waals surface area contributed by atoms with Crippen molar-refractivity contribution in [1.82, 2.24) is 15.3 Å². The molecule has 0 atom stereocenters. The number of rotatable bonds is 5. The van der Waals surface area contributed by atoms with Crippen LogP contribution in [0, 0.1) is 11.6 Å². The van der Waals surface area contributed by atoms with Gasteiger partial charge in [0.2, 0.25) is 0 Å². The van der Waals surface area contributed by atoms with Crippen LogP contribution in [0.15, 0.2) is 42.6 Å². The molecular formula is C21H15F2N3O3. The highest BCUT2D eigenvalue weighted by molar-refractivity contribution is 5.99. The lowest BCUT2D eigenvalue weighted by molar-refractivity contribution is -0.136. The van der Waals surface area contributed by atoms with Crippen molar-refractivity contribution in [3.63, 3.8) is 0 Å². The lowest BCUT2D eigenvalue weighted by atomic mass is 9.98. The van der Waals surface area contributed by atoms with Crippen LogP contribution < -0.4 is 5.32 Å². The molecule has 3 aromatic rings. The number of carboxylic acids is 1. The van der Waals surface area contributed by atoms with E-state index in [2.05, 4.69) is 15.3 Å². The number of pyridine rings is 2. The van der Waals surface area contributed by atoms with Gasteiger partial charge in [0.25, 0.3) is 5.91 Å². The SMILES string of the molecule is O=C(O)Cc1ccc(Cc2cc(-c3c(F)cccc3F)nc3c2C(=O)NC3)nc1. The van der Waals surface area contributed by atoms with Crippen molar-refractivity contribution in [2.24, 2.45) is 0 Å². The highest BCUT2D eigenvalue weighted by Gasteiger charge is 2.26. The second-order valence-electron chi connectivity index (χ2n) is 6.67. The molecule has 8 heteroatoms. The fourth-order valence-corrected chi connectivity index (χ4v) is 3.36. The van der Waals surface area contributed by atoms with Gasteiger partial charge in [-0.2, -0.15) is 0 Å². The van der Waals surface area contributed by atoms with Crippen molar-refractivity contribution < 1.29 is 23.5 Å². The zero-order valence-electron chi connectivity index (χ0n) is 15.1. The predicted octanol–water partition coefficient (Wildman–Crippen LogP) is 2.88. The van der Waals surface area contributed by atoms with Gasteiger partial charge >= 0.3 is 5.97 Å². The van der Waals surface area contributed by atoms with E-state index in [1.54, 1.807) is 12.1 Å². The van der Waals surface area contributed by atoms with Crippen LogP contribution in [0.25, 0.3) is 11.3 Å². The quantitative estimate of drug-likeness (QED) is 0.693. The molecule has 3 heterocycles. The van der Waals surface area contributed by atoms with E-state index in [9.17, 15) is 18.4 Å². The largest absolute Gasteiger partial charge is 0.481 e. The molecule has 0 saturated carbocycles. The van der Waals surface area contributed by atoms with Gasteiger partial charge < -0.3 is 10.4 Å². The Morgan fingerprint density at radius 3 is 2.55 bits per heavy atom. The van der Waals surface area contributed by atoms with E-state index in [1.165, 1.54) is 18.3 Å². The lowest BCUT2D eigenvalue weighted by Crippen LogP contribution is -2.14. The van der Waals surface area contributed by atoms with E-state index >= 15 is 0 Å². The van der Waals surface area contributed by atoms with Gasteiger partial charge in [-0.3, -0.25) is 14.6 Å². The summed E-state index contributed by atoms with van der Waals surface area (Å²) in [5, 5.41) is 11.5. The molecule has 2 N–H and O–H groups in total. The van der Waals surface area contributed by atoms with Gasteiger partial charge in [0, 0.05) is 18.3 Å². The van der Waals surface area contributed by atoms with Crippen LogP contribution in [-0.4, -0.2) is 27.0 Å². The highest BCUT2D eigenvalue weighted by Crippen LogP contribution is 2.30. The van der Waals surface area contributed by atoms with Crippen molar-refractivity contribution in [2.75, 3.05) is 0 Å². The van der Waals surface area contributed by atoms with E-state index in [0.29, 0.717) is 28.1 Å². The molecule has 0 saturated heterocycles. The highest BCUT2D eigenvalue weighted by atomic mass is 19.1. The van der Waals surface area contributed by atoms with Crippen LogP contribution in [0.1, 0.15) is 32.9 Å². The van der Waals surface area contributed by atoms with Gasteiger partial charge in [0.15, 0.2) is 0 Å². The standard InChI is InChI=1S/C21H15F2N3O3/c22-14-2-1-3-15(23)20(14)16-8-12(19-17(26-16)10-25-21(19)29)7-13-5-4-11(9-24-13)6-18(27)28/h1-5,8-9H,6-7,10H2,(H,25,29)(H,27,28). The number of aliphatic carboxylic acids is 1. The number of hydrogen-bond donors (Lipinski definition) is 2. The summed E-state index contributed by atoms with van der Waals surface area (Å²) < 4.78 is 28.5. The first-order valence-electron chi connectivity index (χ1n) is 8.83. The van der Waals surface area contributed by atoms with Crippen molar-refractivity contribution in [3.05, 3.63) is 82.3 Å². The van der Waals surface area contributed by atoms with Gasteiger partial charge in [-0.05, 0) is 35.4 Å². The van der Waals surface area contributed by atoms with Gasteiger partial charge in [-0.25, -0.2) is 13.8 Å². The summed E-state index contributed by atoms with van der Waals surface area (Å²) in [6.07, 6.45) is 1.55. The molecule has 2 aromatic heterocycles. The molecule has 0 fully saturated rings. The summed E-state index contributed by atoms with van der Waals surface area (Å²) in [4.78, 5) is 31.6. The molecule has 0 unspecified atom stereocenters. The molecule has 1 aromatic carbocycles. The fraction of sp³-hybridized carbons (Fsp3) is 0.143. The summed E-state index contributed by atoms with van der Waals surface area (Å²) in [6.45, 7) is 0.177. The van der Waals surface area contributed by atoms with Crippen LogP contribution in [0.3, 0.4) is 0 Å². The first-order chi connectivity index (χ1) is 13.9. The van der Waals surface area contributed by atoms with Gasteiger partial charge in [-0.15, -0.1) is 0 Å². The second-order valence-corrected chi connectivity index (χ2v) is 6.67. The Kier molecular flexibility index (Phi) is 4.75. The Labute approximate surface area is 164 Å². The number of carboxylic acid groups (broad SMARTS) is 1. The number of carbonyl (C=O) groups is 2. The molecular weight excluding hydrogens is 380 g/mol. The Hall–Kier alpha value is -3.68. The Morgan fingerprint density at radius 2 is 1.90 bits per heavy atom. The molecule has 29 heavy (non-hydrogen) atoms. The summed E-state index contributed by atoms with van der Waals surface area (Å²) in [6, 6.07) is 8.39. The zero-order chi connectivity index (χ0) is 20.5. The minimum Gasteiger partial charge on any atom is -0.481 e. The van der Waals surface area contributed by atoms with E-state index in [1.807, 2.05) is 0 Å². The Balaban J connectivity index is 1.76. The topological polar surface area (TPSA) is 92.2 Å². The van der Waals surface area contributed by atoms with E-state index < -0.39 is 17.6 Å². The third-order valence-corrected chi connectivity index (χ3v) is 4.65. The third-order valence-electron chi connectivity index (χ3n) is 4.65. The van der Waals surface area contributed by atoms with E-state index in [0.717, 1.165) is 12.1 Å². The first-order valence-corrected chi connectivity index (χ1v) is 8.83. The maximum Gasteiger partial charge on any atom is 0.307 e. The van der Waals surface area contributed by atoms with Crippen LogP contribution >= 0.6 is 0 Å². The molecule has 6 nitrogen and oxygen atoms in total. The molecule has 146 valence electrons. The number of nitrogens with zero attached hydrogens (tertiary/aromatic N) is 2. The smallest absolute Gasteiger partial charge is 0.307 e. The van der Waals surface area contributed by atoms with Crippen LogP contribution in [0.5, 0.6) is 0 Å². The predicted molar refractivity (Wildman–Crippen MR) is 99.1 cm³/mol. The molecule has 0 spiro atoms. The maximum atomic E-state index is 14.2. The fourth-order valence-electron chi connectivity index (χ4n) is 3.36. The number of aromatic nitrogens is 2. The summed E-state index contributed by atoms with van der Waals surface area (Å²) in [7, 11) is 0. The monoisotopic (exact) mass is 395 g/mol. The maximum absolute atomic E-state index is 14.2. The molecule has 0 aliphatic carbocycles. The Morgan fingerprint density at radius 1 is 1.14 bits per heavy atom. The molecule has 0 bridgehead atoms. The summed E-state index contributed by atoms with van der Waals surface area (Å²) in [5.74, 6) is -2.74. The van der Waals surface area contributed by atoms with E-state index in [4.69, 9.17) is 5.11 Å². The van der Waals surface area contributed by atoms with E-state index in [-0.39, 0.29) is 36.6 Å². The first kappa shape index (κ1) is 18.7. The van der Waals surface area contributed by atoms with Crippen molar-refractivity contribution >= 4 is 11.9 Å². The van der Waals surface area contributed by atoms with Crippen molar-refractivity contribution in [1.29, 1.82) is 0 Å². The van der Waals surface area contributed by atoms with Crippen LogP contribution in [0.4, 0.5) is 8.78 Å². The number of halogens is 2. The molecule has 1 amide bonds. The van der Waals surface area contributed by atoms with Crippen LogP contribution in [-0.2, 0) is 24.2 Å². The van der Waals surface area contributed by atoms with Crippen LogP contribution in [0.2, 0.25) is 0 Å². The second kappa shape index (κ2) is 7.38. The number of benzene rings is 1. The van der Waals surface area contributed by atoms with Gasteiger partial charge in [0.1, 0.15) is 11.6 Å². The number of amides is 1. The minimum absolute atomic E-state index is 0.105. The number of nitrogens with one attached hydrogen (secondary N) is 1. The van der Waals surface area contributed by atoms with Crippen molar-refractivity contribution in [2.45, 2.75) is 19.4 Å². The molecule has 4 rings (SSSR count). The summed E-state index contributed by atoms with van der Waals surface area (Å²) >= 11 is 0. The average molecular weight is 395 g/mol. The number of hydrogen-bond acceptors (Lipinski definition) is 4. The normalized spacial score (nSPS) is 12.6. The summed E-state index contributed by atoms with van der Waals surface area (Å²) in [5.41, 5.74) is 2.34. The lowest BCUT2D eigenvalue weighted by Gasteiger charge is -2.11. The Bertz CT molecular complexity index is 1110. The van der Waals surface area contributed by atoms with Gasteiger partial charge in [0.05, 0.1) is 35.5 Å². The molecule has 0 radical (unpaired) electrons. The molecule has 1 aliphatic heterocycles. The number of carbonyl (C=O) groups excluding carboxylic acids is 1. The average Bonchev–Trinajstić information content (AvgIpc) is 3.04. The minimum atomic E-state index is -0.959. The zero-order valence-corrected chi connectivity index (χ0v) is 15.1. The third kappa shape index (κ3) is 3.69.